The Labute approximate surface area is 251 Å². The summed E-state index contributed by atoms with van der Waals surface area (Å²) >= 11 is 0. The van der Waals surface area contributed by atoms with E-state index >= 15 is 0 Å². The van der Waals surface area contributed by atoms with Gasteiger partial charge >= 0.3 is 5.97 Å². The SMILES string of the molecule is CCCCCCCCCCCCCCCCOc1ccc(C(=O)Oc2ccc(N=Nc3cccc(F)c3)c(C)c2)cc1. The van der Waals surface area contributed by atoms with Crippen molar-refractivity contribution in [3.63, 3.8) is 0 Å². The molecule has 3 rings (SSSR count). The number of hydrogen-bond donors (Lipinski definition) is 0. The van der Waals surface area contributed by atoms with Gasteiger partial charge in [0, 0.05) is 6.07 Å². The third kappa shape index (κ3) is 13.0. The molecule has 3 aromatic rings. The quantitative estimate of drug-likeness (QED) is 0.0583. The van der Waals surface area contributed by atoms with Gasteiger partial charge in [-0.05, 0) is 73.5 Å². The maximum atomic E-state index is 13.3. The normalized spacial score (nSPS) is 11.2. The number of rotatable bonds is 20. The van der Waals surface area contributed by atoms with Crippen molar-refractivity contribution in [3.8, 4) is 11.5 Å². The number of esters is 1. The molecule has 0 radical (unpaired) electrons. The van der Waals surface area contributed by atoms with Crippen LogP contribution in [0.1, 0.15) is 113 Å². The molecule has 0 aliphatic carbocycles. The lowest BCUT2D eigenvalue weighted by Gasteiger charge is -2.09. The molecule has 3 aromatic carbocycles. The van der Waals surface area contributed by atoms with Crippen LogP contribution in [0.2, 0.25) is 0 Å². The van der Waals surface area contributed by atoms with Crippen molar-refractivity contribution in [2.24, 2.45) is 10.2 Å². The van der Waals surface area contributed by atoms with Crippen LogP contribution in [0.15, 0.2) is 77.0 Å². The second-order valence-corrected chi connectivity index (χ2v) is 11.0. The number of hydrogen-bond acceptors (Lipinski definition) is 5. The summed E-state index contributed by atoms with van der Waals surface area (Å²) in [6.07, 6.45) is 18.7. The lowest BCUT2D eigenvalue weighted by atomic mass is 10.0. The van der Waals surface area contributed by atoms with Crippen LogP contribution < -0.4 is 9.47 Å². The molecule has 0 bridgehead atoms. The molecule has 0 unspecified atom stereocenters. The first kappa shape index (κ1) is 33.0. The highest BCUT2D eigenvalue weighted by Crippen LogP contribution is 2.27. The Kier molecular flexibility index (Phi) is 15.4. The van der Waals surface area contributed by atoms with E-state index in [9.17, 15) is 9.18 Å². The summed E-state index contributed by atoms with van der Waals surface area (Å²) < 4.78 is 24.7. The van der Waals surface area contributed by atoms with Crippen LogP contribution in [-0.2, 0) is 0 Å². The summed E-state index contributed by atoms with van der Waals surface area (Å²) in [6.45, 7) is 4.80. The molecule has 0 spiro atoms. The van der Waals surface area contributed by atoms with Crippen molar-refractivity contribution in [2.45, 2.75) is 104 Å². The first-order chi connectivity index (χ1) is 20.5. The summed E-state index contributed by atoms with van der Waals surface area (Å²) in [5.41, 5.74) is 2.27. The van der Waals surface area contributed by atoms with Crippen molar-refractivity contribution in [1.29, 1.82) is 0 Å². The van der Waals surface area contributed by atoms with Gasteiger partial charge < -0.3 is 9.47 Å². The Bertz CT molecular complexity index is 1230. The van der Waals surface area contributed by atoms with Crippen LogP contribution in [0.4, 0.5) is 15.8 Å². The smallest absolute Gasteiger partial charge is 0.343 e. The van der Waals surface area contributed by atoms with E-state index in [1.165, 1.54) is 95.6 Å². The molecule has 0 saturated heterocycles. The molecule has 0 heterocycles. The zero-order valence-electron chi connectivity index (χ0n) is 25.5. The molecule has 0 saturated carbocycles. The zero-order chi connectivity index (χ0) is 29.8. The highest BCUT2D eigenvalue weighted by Gasteiger charge is 2.10. The average Bonchev–Trinajstić information content (AvgIpc) is 2.99. The van der Waals surface area contributed by atoms with Crippen LogP contribution in [0.3, 0.4) is 0 Å². The van der Waals surface area contributed by atoms with Gasteiger partial charge in [0.1, 0.15) is 17.3 Å². The lowest BCUT2D eigenvalue weighted by Crippen LogP contribution is -2.08. The molecule has 0 aliphatic rings. The molecule has 0 aromatic heterocycles. The van der Waals surface area contributed by atoms with Crippen LogP contribution in [0.25, 0.3) is 0 Å². The fourth-order valence-corrected chi connectivity index (χ4v) is 4.79. The number of azo groups is 1. The van der Waals surface area contributed by atoms with E-state index in [1.807, 2.05) is 19.1 Å². The number of ether oxygens (including phenoxy) is 2. The summed E-state index contributed by atoms with van der Waals surface area (Å²) in [6, 6.07) is 18.1. The molecule has 42 heavy (non-hydrogen) atoms. The lowest BCUT2D eigenvalue weighted by molar-refractivity contribution is 0.0734. The minimum Gasteiger partial charge on any atom is -0.494 e. The largest absolute Gasteiger partial charge is 0.494 e. The predicted molar refractivity (Wildman–Crippen MR) is 169 cm³/mol. The van der Waals surface area contributed by atoms with Crippen LogP contribution in [0, 0.1) is 12.7 Å². The third-order valence-electron chi connectivity index (χ3n) is 7.32. The fourth-order valence-electron chi connectivity index (χ4n) is 4.79. The molecule has 0 atom stereocenters. The summed E-state index contributed by atoms with van der Waals surface area (Å²) in [5, 5.41) is 8.25. The van der Waals surface area contributed by atoms with Gasteiger partial charge in [-0.25, -0.2) is 9.18 Å². The number of aryl methyl sites for hydroxylation is 1. The van der Waals surface area contributed by atoms with Crippen molar-refractivity contribution in [2.75, 3.05) is 6.61 Å². The first-order valence-electron chi connectivity index (χ1n) is 15.8. The Morgan fingerprint density at radius 3 is 1.88 bits per heavy atom. The summed E-state index contributed by atoms with van der Waals surface area (Å²) in [7, 11) is 0. The average molecular weight is 575 g/mol. The van der Waals surface area contributed by atoms with E-state index in [1.54, 1.807) is 42.5 Å². The van der Waals surface area contributed by atoms with E-state index in [4.69, 9.17) is 9.47 Å². The highest BCUT2D eigenvalue weighted by molar-refractivity contribution is 5.91. The number of nitrogens with zero attached hydrogens (tertiary/aromatic N) is 2. The van der Waals surface area contributed by atoms with E-state index in [0.717, 1.165) is 17.7 Å². The van der Waals surface area contributed by atoms with Gasteiger partial charge in [-0.15, -0.1) is 0 Å². The number of unbranched alkanes of at least 4 members (excludes halogenated alkanes) is 13. The Morgan fingerprint density at radius 2 is 1.29 bits per heavy atom. The van der Waals surface area contributed by atoms with E-state index in [0.29, 0.717) is 29.3 Å². The van der Waals surface area contributed by atoms with E-state index < -0.39 is 5.97 Å². The molecule has 0 N–H and O–H groups in total. The molecule has 226 valence electrons. The van der Waals surface area contributed by atoms with Crippen molar-refractivity contribution in [3.05, 3.63) is 83.7 Å². The Morgan fingerprint density at radius 1 is 0.690 bits per heavy atom. The molecule has 5 nitrogen and oxygen atoms in total. The minimum absolute atomic E-state index is 0.366. The first-order valence-corrected chi connectivity index (χ1v) is 15.8. The number of carbonyl (C=O) groups excluding carboxylic acids is 1. The molecular weight excluding hydrogens is 527 g/mol. The predicted octanol–water partition coefficient (Wildman–Crippen LogP) is 11.6. The summed E-state index contributed by atoms with van der Waals surface area (Å²) in [4.78, 5) is 12.6. The van der Waals surface area contributed by atoms with Crippen LogP contribution in [0.5, 0.6) is 11.5 Å². The highest BCUT2D eigenvalue weighted by atomic mass is 19.1. The van der Waals surface area contributed by atoms with E-state index in [2.05, 4.69) is 17.2 Å². The molecule has 0 amide bonds. The van der Waals surface area contributed by atoms with Gasteiger partial charge in [0.15, 0.2) is 0 Å². The minimum atomic E-state index is -0.443. The molecule has 0 fully saturated rings. The van der Waals surface area contributed by atoms with Gasteiger partial charge in [0.05, 0.1) is 23.5 Å². The molecule has 0 aliphatic heterocycles. The monoisotopic (exact) mass is 574 g/mol. The molecular formula is C36H47FN2O3. The molecule has 6 heteroatoms. The topological polar surface area (TPSA) is 60.2 Å². The van der Waals surface area contributed by atoms with E-state index in [-0.39, 0.29) is 5.82 Å². The second-order valence-electron chi connectivity index (χ2n) is 11.0. The maximum absolute atomic E-state index is 13.3. The third-order valence-corrected chi connectivity index (χ3v) is 7.32. The van der Waals surface area contributed by atoms with Gasteiger partial charge in [0.2, 0.25) is 0 Å². The number of benzene rings is 3. The van der Waals surface area contributed by atoms with Crippen molar-refractivity contribution < 1.29 is 18.7 Å². The summed E-state index contributed by atoms with van der Waals surface area (Å²) in [5.74, 6) is 0.363. The maximum Gasteiger partial charge on any atom is 0.343 e. The Hall–Kier alpha value is -3.54. The number of carbonyl (C=O) groups is 1. The van der Waals surface area contributed by atoms with Gasteiger partial charge in [-0.1, -0.05) is 96.5 Å². The zero-order valence-corrected chi connectivity index (χ0v) is 25.5. The van der Waals surface area contributed by atoms with Gasteiger partial charge in [-0.3, -0.25) is 0 Å². The number of halogens is 1. The standard InChI is InChI=1S/C36H47FN2O3/c1-3-4-5-6-7-8-9-10-11-12-13-14-15-16-26-41-33-22-20-30(21-23-33)36(40)42-34-24-25-35(29(2)27-34)39-38-32-19-17-18-31(37)28-32/h17-25,27-28H,3-16,26H2,1-2H3. The van der Waals surface area contributed by atoms with Crippen molar-refractivity contribution >= 4 is 17.3 Å². The van der Waals surface area contributed by atoms with Crippen LogP contribution in [-0.4, -0.2) is 12.6 Å². The van der Waals surface area contributed by atoms with Gasteiger partial charge in [-0.2, -0.15) is 10.2 Å². The van der Waals surface area contributed by atoms with Gasteiger partial charge in [0.25, 0.3) is 0 Å². The second kappa shape index (κ2) is 19.6. The van der Waals surface area contributed by atoms with Crippen molar-refractivity contribution in [1.82, 2.24) is 0 Å². The fraction of sp³-hybridized carbons (Fsp3) is 0.472. The Balaban J connectivity index is 1.27. The van der Waals surface area contributed by atoms with Crippen LogP contribution >= 0.6 is 0 Å².